The summed E-state index contributed by atoms with van der Waals surface area (Å²) < 4.78 is 5.63. The third-order valence-corrected chi connectivity index (χ3v) is 3.67. The summed E-state index contributed by atoms with van der Waals surface area (Å²) in [5.41, 5.74) is 1.24. The monoisotopic (exact) mass is 236 g/mol. The summed E-state index contributed by atoms with van der Waals surface area (Å²) in [7, 11) is 1.96. The van der Waals surface area contributed by atoms with Crippen molar-refractivity contribution in [2.24, 2.45) is 0 Å². The first-order chi connectivity index (χ1) is 8.33. The zero-order chi connectivity index (χ0) is 12.1. The second-order valence-corrected chi connectivity index (χ2v) is 4.98. The predicted octanol–water partition coefficient (Wildman–Crippen LogP) is 2.76. The number of piperidine rings is 1. The van der Waals surface area contributed by atoms with Gasteiger partial charge in [0.25, 0.3) is 0 Å². The molecule has 0 saturated carbocycles. The van der Waals surface area contributed by atoms with Crippen LogP contribution in [-0.2, 0) is 13.1 Å². The fraction of sp³-hybridized carbons (Fsp3) is 0.714. The predicted molar refractivity (Wildman–Crippen MR) is 69.8 cm³/mol. The minimum absolute atomic E-state index is 0.751. The van der Waals surface area contributed by atoms with Gasteiger partial charge in [0.15, 0.2) is 0 Å². The molecule has 96 valence electrons. The van der Waals surface area contributed by atoms with Crippen LogP contribution in [0.4, 0.5) is 0 Å². The smallest absolute Gasteiger partial charge is 0.118 e. The number of likely N-dealkylation sites (tertiary alicyclic amines) is 1. The molecular weight excluding hydrogens is 212 g/mol. The van der Waals surface area contributed by atoms with Crippen LogP contribution in [0.15, 0.2) is 16.7 Å². The second-order valence-electron chi connectivity index (χ2n) is 4.98. The Hall–Kier alpha value is -0.800. The van der Waals surface area contributed by atoms with E-state index in [1.807, 2.05) is 13.3 Å². The van der Waals surface area contributed by atoms with Crippen LogP contribution in [0.2, 0.25) is 0 Å². The summed E-state index contributed by atoms with van der Waals surface area (Å²) in [4.78, 5) is 2.57. The number of nitrogens with zero attached hydrogens (tertiary/aromatic N) is 1. The van der Waals surface area contributed by atoms with Crippen molar-refractivity contribution in [1.82, 2.24) is 10.2 Å². The maximum absolute atomic E-state index is 5.63. The number of hydrogen-bond donors (Lipinski definition) is 1. The van der Waals surface area contributed by atoms with Crippen molar-refractivity contribution in [3.8, 4) is 0 Å². The molecule has 1 aliphatic heterocycles. The molecule has 2 rings (SSSR count). The molecule has 0 aromatic carbocycles. The van der Waals surface area contributed by atoms with Gasteiger partial charge in [0, 0.05) is 18.2 Å². The lowest BCUT2D eigenvalue weighted by Crippen LogP contribution is -2.38. The van der Waals surface area contributed by atoms with E-state index in [2.05, 4.69) is 23.2 Å². The van der Waals surface area contributed by atoms with Gasteiger partial charge in [0.1, 0.15) is 5.76 Å². The zero-order valence-corrected chi connectivity index (χ0v) is 11.0. The van der Waals surface area contributed by atoms with Crippen molar-refractivity contribution >= 4 is 0 Å². The highest BCUT2D eigenvalue weighted by atomic mass is 16.3. The Morgan fingerprint density at radius 3 is 3.12 bits per heavy atom. The quantitative estimate of drug-likeness (QED) is 0.852. The summed E-state index contributed by atoms with van der Waals surface area (Å²) in [6, 6.07) is 2.93. The van der Waals surface area contributed by atoms with Crippen LogP contribution >= 0.6 is 0 Å². The standard InChI is InChI=1S/C14H24N2O/c1-3-13-6-4-5-7-16(13)10-14-8-12(9-15-2)11-17-14/h8,11,13,15H,3-7,9-10H2,1-2H3. The van der Waals surface area contributed by atoms with Crippen LogP contribution in [0.5, 0.6) is 0 Å². The minimum Gasteiger partial charge on any atom is -0.468 e. The molecule has 1 fully saturated rings. The highest BCUT2D eigenvalue weighted by molar-refractivity contribution is 5.12. The van der Waals surface area contributed by atoms with Gasteiger partial charge in [-0.2, -0.15) is 0 Å². The van der Waals surface area contributed by atoms with E-state index < -0.39 is 0 Å². The molecule has 17 heavy (non-hydrogen) atoms. The molecule has 1 aliphatic rings. The van der Waals surface area contributed by atoms with Gasteiger partial charge in [0.05, 0.1) is 12.8 Å². The number of rotatable bonds is 5. The Labute approximate surface area is 104 Å². The van der Waals surface area contributed by atoms with E-state index in [1.54, 1.807) is 0 Å². The average molecular weight is 236 g/mol. The van der Waals surface area contributed by atoms with Crippen molar-refractivity contribution < 1.29 is 4.42 Å². The fourth-order valence-electron chi connectivity index (χ4n) is 2.74. The molecular formula is C14H24N2O. The van der Waals surface area contributed by atoms with Crippen LogP contribution in [0, 0.1) is 0 Å². The van der Waals surface area contributed by atoms with Gasteiger partial charge in [-0.05, 0) is 38.9 Å². The van der Waals surface area contributed by atoms with E-state index in [0.29, 0.717) is 0 Å². The topological polar surface area (TPSA) is 28.4 Å². The number of hydrogen-bond acceptors (Lipinski definition) is 3. The lowest BCUT2D eigenvalue weighted by molar-refractivity contribution is 0.126. The molecule has 1 N–H and O–H groups in total. The molecule has 0 radical (unpaired) electrons. The SMILES string of the molecule is CCC1CCCCN1Cc1cc(CNC)co1. The van der Waals surface area contributed by atoms with Crippen molar-refractivity contribution in [2.75, 3.05) is 13.6 Å². The summed E-state index contributed by atoms with van der Waals surface area (Å²) in [5.74, 6) is 1.11. The third-order valence-electron chi connectivity index (χ3n) is 3.67. The molecule has 1 atom stereocenters. The summed E-state index contributed by atoms with van der Waals surface area (Å²) in [6.45, 7) is 5.38. The molecule has 1 unspecified atom stereocenters. The van der Waals surface area contributed by atoms with E-state index >= 15 is 0 Å². The molecule has 3 nitrogen and oxygen atoms in total. The lowest BCUT2D eigenvalue weighted by Gasteiger charge is -2.34. The molecule has 0 amide bonds. The Bertz CT molecular complexity index is 335. The molecule has 1 aromatic heterocycles. The Kier molecular flexibility index (Phi) is 4.63. The van der Waals surface area contributed by atoms with E-state index in [9.17, 15) is 0 Å². The zero-order valence-electron chi connectivity index (χ0n) is 11.0. The number of nitrogens with one attached hydrogen (secondary N) is 1. The molecule has 1 saturated heterocycles. The normalized spacial score (nSPS) is 21.9. The van der Waals surface area contributed by atoms with Gasteiger partial charge in [-0.3, -0.25) is 4.90 Å². The van der Waals surface area contributed by atoms with E-state index in [4.69, 9.17) is 4.42 Å². The van der Waals surface area contributed by atoms with Gasteiger partial charge in [-0.25, -0.2) is 0 Å². The van der Waals surface area contributed by atoms with Gasteiger partial charge in [-0.15, -0.1) is 0 Å². The molecule has 0 aliphatic carbocycles. The van der Waals surface area contributed by atoms with Gasteiger partial charge >= 0.3 is 0 Å². The van der Waals surface area contributed by atoms with Gasteiger partial charge in [0.2, 0.25) is 0 Å². The molecule has 2 heterocycles. The first-order valence-corrected chi connectivity index (χ1v) is 6.78. The fourth-order valence-corrected chi connectivity index (χ4v) is 2.74. The van der Waals surface area contributed by atoms with Crippen molar-refractivity contribution in [3.05, 3.63) is 23.7 Å². The maximum atomic E-state index is 5.63. The van der Waals surface area contributed by atoms with Crippen molar-refractivity contribution in [3.63, 3.8) is 0 Å². The molecule has 0 bridgehead atoms. The first kappa shape index (κ1) is 12.7. The summed E-state index contributed by atoms with van der Waals surface area (Å²) >= 11 is 0. The highest BCUT2D eigenvalue weighted by Gasteiger charge is 2.21. The van der Waals surface area contributed by atoms with Crippen molar-refractivity contribution in [1.29, 1.82) is 0 Å². The maximum Gasteiger partial charge on any atom is 0.118 e. The lowest BCUT2D eigenvalue weighted by atomic mass is 10.00. The van der Waals surface area contributed by atoms with Crippen LogP contribution in [0.1, 0.15) is 43.9 Å². The van der Waals surface area contributed by atoms with Crippen LogP contribution in [0.3, 0.4) is 0 Å². The second kappa shape index (κ2) is 6.22. The van der Waals surface area contributed by atoms with Gasteiger partial charge < -0.3 is 9.73 Å². The van der Waals surface area contributed by atoms with Crippen LogP contribution in [0.25, 0.3) is 0 Å². The molecule has 3 heteroatoms. The van der Waals surface area contributed by atoms with Crippen LogP contribution < -0.4 is 5.32 Å². The Balaban J connectivity index is 1.93. The first-order valence-electron chi connectivity index (χ1n) is 6.78. The van der Waals surface area contributed by atoms with E-state index in [0.717, 1.165) is 24.9 Å². The third kappa shape index (κ3) is 3.33. The minimum atomic E-state index is 0.751. The highest BCUT2D eigenvalue weighted by Crippen LogP contribution is 2.22. The summed E-state index contributed by atoms with van der Waals surface area (Å²) in [6.07, 6.45) is 7.19. The summed E-state index contributed by atoms with van der Waals surface area (Å²) in [5, 5.41) is 3.15. The molecule has 1 aromatic rings. The Morgan fingerprint density at radius 1 is 1.47 bits per heavy atom. The van der Waals surface area contributed by atoms with Crippen molar-refractivity contribution in [2.45, 2.75) is 51.7 Å². The number of furan rings is 1. The Morgan fingerprint density at radius 2 is 2.35 bits per heavy atom. The largest absolute Gasteiger partial charge is 0.468 e. The van der Waals surface area contributed by atoms with Gasteiger partial charge in [-0.1, -0.05) is 13.3 Å². The van der Waals surface area contributed by atoms with Crippen LogP contribution in [-0.4, -0.2) is 24.5 Å². The average Bonchev–Trinajstić information content (AvgIpc) is 2.78. The molecule has 0 spiro atoms. The van der Waals surface area contributed by atoms with E-state index in [1.165, 1.54) is 37.8 Å². The van der Waals surface area contributed by atoms with E-state index in [-0.39, 0.29) is 0 Å².